The van der Waals surface area contributed by atoms with Gasteiger partial charge in [0.1, 0.15) is 5.75 Å². The fourth-order valence-corrected chi connectivity index (χ4v) is 3.40. The Morgan fingerprint density at radius 3 is 2.33 bits per heavy atom. The highest BCUT2D eigenvalue weighted by molar-refractivity contribution is 6.06. The Labute approximate surface area is 189 Å². The summed E-state index contributed by atoms with van der Waals surface area (Å²) in [6.45, 7) is 2.89. The van der Waals surface area contributed by atoms with E-state index in [-0.39, 0.29) is 11.5 Å². The van der Waals surface area contributed by atoms with E-state index in [1.54, 1.807) is 30.0 Å². The Morgan fingerprint density at radius 1 is 1.12 bits per heavy atom. The summed E-state index contributed by atoms with van der Waals surface area (Å²) < 4.78 is 5.67. The third-order valence-electron chi connectivity index (χ3n) is 5.00. The molecular formula is C21H23N5O7. The molecule has 0 saturated heterocycles. The number of carbonyl (C=O) groups excluding carboxylic acids is 2. The van der Waals surface area contributed by atoms with Crippen molar-refractivity contribution in [2.75, 3.05) is 37.4 Å². The van der Waals surface area contributed by atoms with Gasteiger partial charge in [-0.15, -0.1) is 0 Å². The van der Waals surface area contributed by atoms with Gasteiger partial charge in [0.2, 0.25) is 0 Å². The fraction of sp³-hybridized carbons (Fsp3) is 0.333. The summed E-state index contributed by atoms with van der Waals surface area (Å²) >= 11 is 0. The van der Waals surface area contributed by atoms with Crippen LogP contribution in [0.25, 0.3) is 0 Å². The summed E-state index contributed by atoms with van der Waals surface area (Å²) in [5.74, 6) is -0.493. The summed E-state index contributed by atoms with van der Waals surface area (Å²) in [6, 6.07) is 7.45. The first-order chi connectivity index (χ1) is 15.6. The van der Waals surface area contributed by atoms with Crippen LogP contribution in [0.4, 0.5) is 22.7 Å². The lowest BCUT2D eigenvalue weighted by molar-refractivity contribution is -0.394. The highest BCUT2D eigenvalue weighted by Gasteiger charge is 2.31. The molecule has 1 aliphatic heterocycles. The normalized spacial score (nSPS) is 15.1. The molecule has 2 amide bonds. The number of nitro benzene ring substituents is 2. The number of nitrogens with one attached hydrogen (secondary N) is 1. The van der Waals surface area contributed by atoms with E-state index in [4.69, 9.17) is 4.74 Å². The van der Waals surface area contributed by atoms with E-state index in [0.29, 0.717) is 23.7 Å². The molecule has 0 bridgehead atoms. The monoisotopic (exact) mass is 457 g/mol. The Balaban J connectivity index is 1.88. The quantitative estimate of drug-likeness (QED) is 0.470. The molecule has 1 N–H and O–H groups in total. The van der Waals surface area contributed by atoms with Gasteiger partial charge in [-0.2, -0.15) is 0 Å². The number of amides is 2. The van der Waals surface area contributed by atoms with Crippen molar-refractivity contribution < 1.29 is 24.2 Å². The van der Waals surface area contributed by atoms with E-state index in [1.807, 2.05) is 19.0 Å². The van der Waals surface area contributed by atoms with Crippen molar-refractivity contribution in [3.63, 3.8) is 0 Å². The van der Waals surface area contributed by atoms with Crippen molar-refractivity contribution in [1.29, 1.82) is 0 Å². The second-order valence-corrected chi connectivity index (χ2v) is 7.80. The number of fused-ring (bicyclic) bond motifs is 1. The molecule has 0 aliphatic carbocycles. The van der Waals surface area contributed by atoms with Crippen molar-refractivity contribution >= 4 is 34.6 Å². The first kappa shape index (κ1) is 23.6. The van der Waals surface area contributed by atoms with Crippen molar-refractivity contribution in [2.45, 2.75) is 19.4 Å². The molecule has 0 spiro atoms. The van der Waals surface area contributed by atoms with Crippen LogP contribution in [-0.4, -0.2) is 59.8 Å². The molecule has 1 aliphatic rings. The van der Waals surface area contributed by atoms with E-state index >= 15 is 0 Å². The molecule has 1 heterocycles. The second kappa shape index (κ2) is 9.61. The molecule has 33 heavy (non-hydrogen) atoms. The Morgan fingerprint density at radius 2 is 1.76 bits per heavy atom. The van der Waals surface area contributed by atoms with Crippen LogP contribution in [0.5, 0.6) is 5.75 Å². The first-order valence-electron chi connectivity index (χ1n) is 10.1. The lowest BCUT2D eigenvalue weighted by Crippen LogP contribution is -2.45. The second-order valence-electron chi connectivity index (χ2n) is 7.80. The summed E-state index contributed by atoms with van der Waals surface area (Å²) in [5.41, 5.74) is -0.590. The molecule has 174 valence electrons. The average Bonchev–Trinajstić information content (AvgIpc) is 2.76. The van der Waals surface area contributed by atoms with Gasteiger partial charge in [0.05, 0.1) is 27.2 Å². The average molecular weight is 457 g/mol. The van der Waals surface area contributed by atoms with Crippen LogP contribution in [0.1, 0.15) is 23.7 Å². The molecule has 1 unspecified atom stereocenters. The number of hydrogen-bond donors (Lipinski definition) is 1. The topological polar surface area (TPSA) is 148 Å². The number of benzene rings is 2. The molecule has 12 heteroatoms. The number of rotatable bonds is 8. The van der Waals surface area contributed by atoms with E-state index < -0.39 is 33.2 Å². The Hall–Kier alpha value is -4.06. The van der Waals surface area contributed by atoms with Crippen molar-refractivity contribution in [3.8, 4) is 5.75 Å². The van der Waals surface area contributed by atoms with Crippen LogP contribution in [0, 0.1) is 20.2 Å². The maximum Gasteiger partial charge on any atom is 0.277 e. The molecule has 1 atom stereocenters. The van der Waals surface area contributed by atoms with Gasteiger partial charge in [0.15, 0.2) is 6.10 Å². The molecule has 2 aromatic carbocycles. The highest BCUT2D eigenvalue weighted by atomic mass is 16.6. The number of nitro groups is 2. The smallest absolute Gasteiger partial charge is 0.277 e. The number of nitrogens with zero attached hydrogens (tertiary/aromatic N) is 4. The molecule has 0 radical (unpaired) electrons. The summed E-state index contributed by atoms with van der Waals surface area (Å²) in [4.78, 5) is 49.6. The van der Waals surface area contributed by atoms with Gasteiger partial charge in [-0.3, -0.25) is 29.8 Å². The van der Waals surface area contributed by atoms with Crippen molar-refractivity contribution in [1.82, 2.24) is 4.90 Å². The molecule has 0 fully saturated rings. The summed E-state index contributed by atoms with van der Waals surface area (Å²) in [5, 5.41) is 24.8. The van der Waals surface area contributed by atoms with Crippen molar-refractivity contribution in [2.24, 2.45) is 0 Å². The van der Waals surface area contributed by atoms with Crippen LogP contribution in [0.15, 0.2) is 36.4 Å². The molecular weight excluding hydrogens is 434 g/mol. The maximum atomic E-state index is 12.7. The van der Waals surface area contributed by atoms with Gasteiger partial charge < -0.3 is 19.9 Å². The van der Waals surface area contributed by atoms with Gasteiger partial charge in [0, 0.05) is 24.4 Å². The number of ether oxygens (including phenoxy) is 1. The highest BCUT2D eigenvalue weighted by Crippen LogP contribution is 2.36. The Bertz CT molecular complexity index is 1090. The zero-order valence-corrected chi connectivity index (χ0v) is 18.3. The number of anilines is 2. The van der Waals surface area contributed by atoms with Gasteiger partial charge in [-0.1, -0.05) is 0 Å². The lowest BCUT2D eigenvalue weighted by Gasteiger charge is -2.33. The molecule has 0 aromatic heterocycles. The van der Waals surface area contributed by atoms with Crippen LogP contribution < -0.4 is 15.0 Å². The zero-order valence-electron chi connectivity index (χ0n) is 18.3. The number of carbonyl (C=O) groups is 2. The number of hydrogen-bond acceptors (Lipinski definition) is 8. The third kappa shape index (κ3) is 5.41. The zero-order chi connectivity index (χ0) is 24.3. The molecule has 0 saturated carbocycles. The van der Waals surface area contributed by atoms with Crippen LogP contribution in [-0.2, 0) is 4.79 Å². The van der Waals surface area contributed by atoms with E-state index in [1.165, 1.54) is 0 Å². The Kier molecular flexibility index (Phi) is 6.87. The SMILES string of the molecule is CC1Oc2ccc(NC(=O)c3cc([N+](=O)[O-])cc([N+](=O)[O-])c3)cc2N(CCCN(C)C)C1=O. The molecule has 12 nitrogen and oxygen atoms in total. The van der Waals surface area contributed by atoms with Gasteiger partial charge in [-0.25, -0.2) is 0 Å². The minimum absolute atomic E-state index is 0.209. The van der Waals surface area contributed by atoms with Gasteiger partial charge in [-0.05, 0) is 52.2 Å². The minimum Gasteiger partial charge on any atom is -0.479 e. The van der Waals surface area contributed by atoms with Crippen LogP contribution in [0.2, 0.25) is 0 Å². The fourth-order valence-electron chi connectivity index (χ4n) is 3.40. The van der Waals surface area contributed by atoms with E-state index in [2.05, 4.69) is 5.32 Å². The predicted octanol–water partition coefficient (Wildman–Crippen LogP) is 2.82. The van der Waals surface area contributed by atoms with Gasteiger partial charge >= 0.3 is 0 Å². The minimum atomic E-state index is -0.807. The maximum absolute atomic E-state index is 12.7. The first-order valence-corrected chi connectivity index (χ1v) is 10.1. The standard InChI is InChI=1S/C21H23N5O7/c1-13-21(28)24(8-4-7-23(2)3)18-11-15(5-6-19(18)33-13)22-20(27)14-9-16(25(29)30)12-17(10-14)26(31)32/h5-6,9-13H,4,7-8H2,1-3H3,(H,22,27). The summed E-state index contributed by atoms with van der Waals surface area (Å²) in [7, 11) is 3.87. The van der Waals surface area contributed by atoms with E-state index in [9.17, 15) is 29.8 Å². The van der Waals surface area contributed by atoms with Crippen LogP contribution in [0.3, 0.4) is 0 Å². The number of non-ortho nitro benzene ring substituents is 2. The summed E-state index contributed by atoms with van der Waals surface area (Å²) in [6.07, 6.45) is 0.0708. The third-order valence-corrected chi connectivity index (χ3v) is 5.00. The largest absolute Gasteiger partial charge is 0.479 e. The van der Waals surface area contributed by atoms with Crippen molar-refractivity contribution in [3.05, 3.63) is 62.2 Å². The predicted molar refractivity (Wildman–Crippen MR) is 120 cm³/mol. The van der Waals surface area contributed by atoms with Crippen LogP contribution >= 0.6 is 0 Å². The van der Waals surface area contributed by atoms with E-state index in [0.717, 1.165) is 31.2 Å². The lowest BCUT2D eigenvalue weighted by atomic mass is 10.1. The molecule has 3 rings (SSSR count). The molecule has 2 aromatic rings. The van der Waals surface area contributed by atoms with Gasteiger partial charge in [0.25, 0.3) is 23.2 Å².